The first-order valence-corrected chi connectivity index (χ1v) is 6.87. The number of aromatic nitrogens is 2. The number of hydrogen-bond acceptors (Lipinski definition) is 4. The fourth-order valence-electron chi connectivity index (χ4n) is 2.47. The maximum atomic E-state index is 13.7. The fraction of sp³-hybridized carbons (Fsp3) is 0.429. The summed E-state index contributed by atoms with van der Waals surface area (Å²) >= 11 is 0. The average Bonchev–Trinajstić information content (AvgIpc) is 2.72. The molecule has 1 aromatic heterocycles. The van der Waals surface area contributed by atoms with Crippen LogP contribution in [0.4, 0.5) is 13.2 Å². The van der Waals surface area contributed by atoms with Crippen molar-refractivity contribution in [3.8, 4) is 11.5 Å². The molecule has 2 heterocycles. The van der Waals surface area contributed by atoms with Gasteiger partial charge in [0.05, 0.1) is 6.04 Å². The van der Waals surface area contributed by atoms with E-state index in [0.717, 1.165) is 32.2 Å². The SMILES string of the molecule is Fc1cc(F)c(-c2nc(C3CCCCCN3)no2)c(F)c1. The third-order valence-electron chi connectivity index (χ3n) is 3.53. The predicted molar refractivity (Wildman–Crippen MR) is 68.8 cm³/mol. The lowest BCUT2D eigenvalue weighted by Crippen LogP contribution is -2.21. The molecule has 0 amide bonds. The zero-order valence-electron chi connectivity index (χ0n) is 11.2. The second-order valence-corrected chi connectivity index (χ2v) is 5.06. The molecule has 0 bridgehead atoms. The second-order valence-electron chi connectivity index (χ2n) is 5.06. The van der Waals surface area contributed by atoms with Gasteiger partial charge in [0.15, 0.2) is 5.82 Å². The van der Waals surface area contributed by atoms with Crippen LogP contribution in [-0.2, 0) is 0 Å². The summed E-state index contributed by atoms with van der Waals surface area (Å²) in [6, 6.07) is 1.09. The Morgan fingerprint density at radius 1 is 1.10 bits per heavy atom. The van der Waals surface area contributed by atoms with E-state index in [0.29, 0.717) is 18.0 Å². The number of benzene rings is 1. The highest BCUT2D eigenvalue weighted by Gasteiger charge is 2.23. The molecule has 1 aliphatic heterocycles. The first-order chi connectivity index (χ1) is 10.1. The van der Waals surface area contributed by atoms with Crippen LogP contribution in [-0.4, -0.2) is 16.7 Å². The lowest BCUT2D eigenvalue weighted by Gasteiger charge is -2.09. The van der Waals surface area contributed by atoms with Gasteiger partial charge in [0.1, 0.15) is 23.0 Å². The lowest BCUT2D eigenvalue weighted by molar-refractivity contribution is 0.398. The van der Waals surface area contributed by atoms with Crippen molar-refractivity contribution in [2.45, 2.75) is 31.7 Å². The molecule has 2 aromatic rings. The number of halogens is 3. The van der Waals surface area contributed by atoms with E-state index < -0.39 is 23.0 Å². The predicted octanol–water partition coefficient (Wildman–Crippen LogP) is 3.36. The molecule has 0 aliphatic carbocycles. The van der Waals surface area contributed by atoms with Crippen LogP contribution in [0.2, 0.25) is 0 Å². The Balaban J connectivity index is 1.91. The van der Waals surface area contributed by atoms with Crippen LogP contribution in [0.5, 0.6) is 0 Å². The zero-order valence-corrected chi connectivity index (χ0v) is 11.2. The molecular weight excluding hydrogens is 283 g/mol. The van der Waals surface area contributed by atoms with Crippen molar-refractivity contribution in [1.29, 1.82) is 0 Å². The highest BCUT2D eigenvalue weighted by molar-refractivity contribution is 5.54. The van der Waals surface area contributed by atoms with E-state index in [1.807, 2.05) is 0 Å². The van der Waals surface area contributed by atoms with Gasteiger partial charge in [0, 0.05) is 12.1 Å². The van der Waals surface area contributed by atoms with Crippen molar-refractivity contribution in [2.75, 3.05) is 6.54 Å². The summed E-state index contributed by atoms with van der Waals surface area (Å²) in [6.07, 6.45) is 4.06. The number of rotatable bonds is 2. The van der Waals surface area contributed by atoms with E-state index in [4.69, 9.17) is 4.52 Å². The van der Waals surface area contributed by atoms with E-state index in [-0.39, 0.29) is 11.9 Å². The van der Waals surface area contributed by atoms with Crippen molar-refractivity contribution >= 4 is 0 Å². The van der Waals surface area contributed by atoms with Crippen LogP contribution in [0.15, 0.2) is 16.7 Å². The van der Waals surface area contributed by atoms with Crippen molar-refractivity contribution in [3.63, 3.8) is 0 Å². The van der Waals surface area contributed by atoms with E-state index >= 15 is 0 Å². The summed E-state index contributed by atoms with van der Waals surface area (Å²) in [4.78, 5) is 4.05. The molecule has 0 spiro atoms. The van der Waals surface area contributed by atoms with E-state index in [1.165, 1.54) is 0 Å². The highest BCUT2D eigenvalue weighted by atomic mass is 19.1. The largest absolute Gasteiger partial charge is 0.334 e. The molecule has 1 aromatic carbocycles. The van der Waals surface area contributed by atoms with Gasteiger partial charge in [-0.15, -0.1) is 0 Å². The second kappa shape index (κ2) is 5.85. The topological polar surface area (TPSA) is 51.0 Å². The third-order valence-corrected chi connectivity index (χ3v) is 3.53. The van der Waals surface area contributed by atoms with Crippen LogP contribution in [0, 0.1) is 17.5 Å². The minimum Gasteiger partial charge on any atom is -0.334 e. The molecule has 1 atom stereocenters. The maximum absolute atomic E-state index is 13.7. The third kappa shape index (κ3) is 2.92. The molecule has 3 rings (SSSR count). The zero-order chi connectivity index (χ0) is 14.8. The van der Waals surface area contributed by atoms with Crippen LogP contribution in [0.25, 0.3) is 11.5 Å². The molecule has 1 N–H and O–H groups in total. The lowest BCUT2D eigenvalue weighted by atomic mass is 10.1. The standard InChI is InChI=1S/C14H14F3N3O/c15-8-6-9(16)12(10(17)7-8)14-19-13(20-21-14)11-4-2-1-3-5-18-11/h6-7,11,18H,1-5H2. The first kappa shape index (κ1) is 14.1. The van der Waals surface area contributed by atoms with Crippen LogP contribution in [0.1, 0.15) is 37.5 Å². The molecular formula is C14H14F3N3O. The highest BCUT2D eigenvalue weighted by Crippen LogP contribution is 2.28. The number of hydrogen-bond donors (Lipinski definition) is 1. The maximum Gasteiger partial charge on any atom is 0.263 e. The normalized spacial score (nSPS) is 19.5. The van der Waals surface area contributed by atoms with Crippen molar-refractivity contribution in [2.24, 2.45) is 0 Å². The molecule has 21 heavy (non-hydrogen) atoms. The summed E-state index contributed by atoms with van der Waals surface area (Å²) in [7, 11) is 0. The summed E-state index contributed by atoms with van der Waals surface area (Å²) in [5.41, 5.74) is -0.497. The number of nitrogens with zero attached hydrogens (tertiary/aromatic N) is 2. The van der Waals surface area contributed by atoms with Crippen molar-refractivity contribution in [1.82, 2.24) is 15.5 Å². The van der Waals surface area contributed by atoms with Crippen molar-refractivity contribution in [3.05, 3.63) is 35.4 Å². The van der Waals surface area contributed by atoms with E-state index in [9.17, 15) is 13.2 Å². The molecule has 0 saturated carbocycles. The quantitative estimate of drug-likeness (QED) is 0.923. The molecule has 7 heteroatoms. The Morgan fingerprint density at radius 3 is 2.62 bits per heavy atom. The van der Waals surface area contributed by atoms with Gasteiger partial charge < -0.3 is 9.84 Å². The fourth-order valence-corrected chi connectivity index (χ4v) is 2.47. The van der Waals surface area contributed by atoms with Gasteiger partial charge in [0.25, 0.3) is 5.89 Å². The van der Waals surface area contributed by atoms with Crippen LogP contribution < -0.4 is 5.32 Å². The van der Waals surface area contributed by atoms with Gasteiger partial charge >= 0.3 is 0 Å². The minimum absolute atomic E-state index is 0.0865. The average molecular weight is 297 g/mol. The molecule has 112 valence electrons. The van der Waals surface area contributed by atoms with Crippen molar-refractivity contribution < 1.29 is 17.7 Å². The van der Waals surface area contributed by atoms with Crippen LogP contribution in [0.3, 0.4) is 0 Å². The Morgan fingerprint density at radius 2 is 1.86 bits per heavy atom. The monoisotopic (exact) mass is 297 g/mol. The van der Waals surface area contributed by atoms with Gasteiger partial charge in [-0.2, -0.15) is 4.98 Å². The van der Waals surface area contributed by atoms with Gasteiger partial charge in [-0.1, -0.05) is 18.0 Å². The smallest absolute Gasteiger partial charge is 0.263 e. The van der Waals surface area contributed by atoms with Gasteiger partial charge in [-0.3, -0.25) is 0 Å². The Labute approximate surface area is 119 Å². The molecule has 4 nitrogen and oxygen atoms in total. The molecule has 1 saturated heterocycles. The molecule has 1 aliphatic rings. The molecule has 0 radical (unpaired) electrons. The first-order valence-electron chi connectivity index (χ1n) is 6.87. The van der Waals surface area contributed by atoms with Gasteiger partial charge in [-0.25, -0.2) is 13.2 Å². The van der Waals surface area contributed by atoms with Gasteiger partial charge in [0.2, 0.25) is 0 Å². The van der Waals surface area contributed by atoms with E-state index in [1.54, 1.807) is 0 Å². The number of nitrogens with one attached hydrogen (secondary N) is 1. The molecule has 1 fully saturated rings. The Hall–Kier alpha value is -1.89. The van der Waals surface area contributed by atoms with E-state index in [2.05, 4.69) is 15.5 Å². The summed E-state index contributed by atoms with van der Waals surface area (Å²) < 4.78 is 45.2. The summed E-state index contributed by atoms with van der Waals surface area (Å²) in [5.74, 6) is -3.01. The molecule has 1 unspecified atom stereocenters. The summed E-state index contributed by atoms with van der Waals surface area (Å²) in [5, 5.41) is 7.06. The van der Waals surface area contributed by atoms with Crippen LogP contribution >= 0.6 is 0 Å². The Kier molecular flexibility index (Phi) is 3.92. The summed E-state index contributed by atoms with van der Waals surface area (Å²) in [6.45, 7) is 0.841. The Bertz CT molecular complexity index is 613. The minimum atomic E-state index is -1.06. The van der Waals surface area contributed by atoms with Gasteiger partial charge in [-0.05, 0) is 19.4 Å².